The van der Waals surface area contributed by atoms with E-state index in [0.29, 0.717) is 71.9 Å². The van der Waals surface area contributed by atoms with Crippen LogP contribution in [-0.4, -0.2) is 91.8 Å². The number of hydrogen-bond acceptors (Lipinski definition) is 8. The van der Waals surface area contributed by atoms with Crippen molar-refractivity contribution in [3.8, 4) is 12.1 Å². The molecule has 74 heavy (non-hydrogen) atoms. The Hall–Kier alpha value is -7.64. The quantitative estimate of drug-likeness (QED) is 0.0390. The van der Waals surface area contributed by atoms with Crippen LogP contribution >= 0.6 is 0 Å². The van der Waals surface area contributed by atoms with Crippen molar-refractivity contribution in [1.82, 2.24) is 9.80 Å². The number of allylic oxidation sites excluding steroid dienone is 2. The van der Waals surface area contributed by atoms with Gasteiger partial charge in [0.1, 0.15) is 0 Å². The Bertz CT molecular complexity index is 2870. The van der Waals surface area contributed by atoms with E-state index in [0.717, 1.165) is 34.1 Å². The molecule has 0 N–H and O–H groups in total. The molecule has 0 saturated heterocycles. The van der Waals surface area contributed by atoms with Crippen LogP contribution in [0, 0.1) is 22.7 Å². The zero-order chi connectivity index (χ0) is 54.1. The fourth-order valence-electron chi connectivity index (χ4n) is 9.46. The molecular weight excluding hydrogens is 969 g/mol. The number of ether oxygens (including phenoxy) is 2. The first kappa shape index (κ1) is 55.7. The number of amides is 4. The Balaban J connectivity index is 1.19. The van der Waals surface area contributed by atoms with Crippen molar-refractivity contribution in [2.75, 3.05) is 63.3 Å². The van der Waals surface area contributed by atoms with Crippen LogP contribution in [-0.2, 0) is 31.4 Å². The average Bonchev–Trinajstić information content (AvgIpc) is 3.35. The number of unbranched alkanes of at least 4 members (excludes halogenated alkanes) is 3. The molecule has 0 radical (unpaired) electrons. The van der Waals surface area contributed by atoms with E-state index in [-0.39, 0.29) is 60.2 Å². The van der Waals surface area contributed by atoms with E-state index >= 15 is 0 Å². The summed E-state index contributed by atoms with van der Waals surface area (Å²) in [4.78, 5) is 62.0. The second-order valence-electron chi connectivity index (χ2n) is 18.6. The molecule has 2 atom stereocenters. The van der Waals surface area contributed by atoms with Gasteiger partial charge in [0.2, 0.25) is 0 Å². The second kappa shape index (κ2) is 23.5. The van der Waals surface area contributed by atoms with Gasteiger partial charge in [0.25, 0.3) is 0 Å². The summed E-state index contributed by atoms with van der Waals surface area (Å²) < 4.78 is 95.1. The van der Waals surface area contributed by atoms with Gasteiger partial charge in [0.05, 0.1) is 109 Å². The third-order valence-corrected chi connectivity index (χ3v) is 13.1. The summed E-state index contributed by atoms with van der Waals surface area (Å²) in [5.74, 6) is -1.50. The van der Waals surface area contributed by atoms with E-state index in [4.69, 9.17) is 9.47 Å². The second-order valence-corrected chi connectivity index (χ2v) is 18.6. The highest BCUT2D eigenvalue weighted by atomic mass is 19.4. The Morgan fingerprint density at radius 3 is 1.30 bits per heavy atom. The Labute approximate surface area is 426 Å². The Morgan fingerprint density at radius 2 is 0.946 bits per heavy atom. The van der Waals surface area contributed by atoms with Crippen molar-refractivity contribution >= 4 is 35.4 Å². The molecule has 2 aliphatic heterocycles. The molecule has 2 aliphatic rings. The number of carbonyl (C=O) groups is 4. The van der Waals surface area contributed by atoms with Gasteiger partial charge in [-0.25, -0.2) is 19.2 Å². The van der Waals surface area contributed by atoms with Crippen LogP contribution in [0.1, 0.15) is 105 Å². The molecule has 4 aromatic carbocycles. The van der Waals surface area contributed by atoms with Gasteiger partial charge in [0, 0.05) is 24.5 Å². The molecular formula is C55H58F6N7O6+. The number of benzene rings is 4. The molecule has 13 nitrogen and oxygen atoms in total. The van der Waals surface area contributed by atoms with Crippen LogP contribution in [0.25, 0.3) is 0 Å². The highest BCUT2D eigenvalue weighted by Gasteiger charge is 2.45. The minimum Gasteiger partial charge on any atom is -0.463 e. The number of esters is 2. The fourth-order valence-corrected chi connectivity index (χ4v) is 9.46. The van der Waals surface area contributed by atoms with Gasteiger partial charge in [-0.15, -0.1) is 0 Å². The maximum Gasteiger partial charge on any atom is 0.416 e. The number of anilines is 2. The number of urea groups is 2. The van der Waals surface area contributed by atoms with Crippen molar-refractivity contribution in [3.63, 3.8) is 0 Å². The number of nitrogens with zero attached hydrogens (tertiary/aromatic N) is 7. The Kier molecular flexibility index (Phi) is 17.7. The van der Waals surface area contributed by atoms with Gasteiger partial charge in [0.15, 0.2) is 0 Å². The predicted molar refractivity (Wildman–Crippen MR) is 263 cm³/mol. The number of nitriles is 2. The summed E-state index contributed by atoms with van der Waals surface area (Å²) in [7, 11) is 4.07. The topological polar surface area (TPSA) is 147 Å². The molecule has 0 bridgehead atoms. The molecule has 4 amide bonds. The van der Waals surface area contributed by atoms with Gasteiger partial charge in [-0.05, 0) is 132 Å². The molecule has 19 heteroatoms. The number of carbonyl (C=O) groups excluding carboxylic acids is 4. The molecule has 6 rings (SSSR count). The highest BCUT2D eigenvalue weighted by Crippen LogP contribution is 2.44. The van der Waals surface area contributed by atoms with Gasteiger partial charge < -0.3 is 23.8 Å². The Morgan fingerprint density at radius 1 is 0.581 bits per heavy atom. The van der Waals surface area contributed by atoms with Gasteiger partial charge in [-0.3, -0.25) is 9.80 Å². The SMILES string of the molecule is CCOC(=O)C1=C(C)N(c2cccc(C(F)(F)F)c2)C(=O)N(CCCCC[N+](C)(C)CCCCN2C(=O)N(c3cccc(C(F)(F)F)c3)C(C)=C(C(=O)OCC)[C@H]2c2ccc(C#N)cc2)[C@@H]1c1ccc(C#N)cc1. The smallest absolute Gasteiger partial charge is 0.416 e. The number of rotatable bonds is 19. The number of alkyl halides is 6. The van der Waals surface area contributed by atoms with Gasteiger partial charge in [-0.1, -0.05) is 36.4 Å². The molecule has 0 saturated carbocycles. The van der Waals surface area contributed by atoms with E-state index < -0.39 is 59.6 Å². The fraction of sp³-hybridized carbons (Fsp3) is 0.382. The maximum atomic E-state index is 14.6. The molecule has 0 fully saturated rings. The lowest BCUT2D eigenvalue weighted by Crippen LogP contribution is -2.51. The summed E-state index contributed by atoms with van der Waals surface area (Å²) in [6, 6.07) is 22.2. The monoisotopic (exact) mass is 1030 g/mol. The highest BCUT2D eigenvalue weighted by molar-refractivity contribution is 6.04. The lowest BCUT2D eigenvalue weighted by Gasteiger charge is -2.43. The summed E-state index contributed by atoms with van der Waals surface area (Å²) in [5.41, 5.74) is -0.101. The van der Waals surface area contributed by atoms with Crippen LogP contribution in [0.2, 0.25) is 0 Å². The predicted octanol–water partition coefficient (Wildman–Crippen LogP) is 11.8. The molecule has 0 unspecified atom stereocenters. The average molecular weight is 1030 g/mol. The number of halogens is 6. The zero-order valence-electron chi connectivity index (χ0n) is 42.0. The summed E-state index contributed by atoms with van der Waals surface area (Å²) in [6.07, 6.45) is -6.68. The lowest BCUT2D eigenvalue weighted by atomic mass is 9.92. The van der Waals surface area contributed by atoms with Crippen molar-refractivity contribution in [1.29, 1.82) is 10.5 Å². The zero-order valence-corrected chi connectivity index (χ0v) is 42.0. The van der Waals surface area contributed by atoms with Crippen LogP contribution in [0.3, 0.4) is 0 Å². The first-order chi connectivity index (χ1) is 35.1. The summed E-state index contributed by atoms with van der Waals surface area (Å²) in [5, 5.41) is 19.0. The third-order valence-electron chi connectivity index (χ3n) is 13.1. The van der Waals surface area contributed by atoms with Crippen molar-refractivity contribution in [2.24, 2.45) is 0 Å². The minimum atomic E-state index is -4.71. The molecule has 4 aromatic rings. The first-order valence-corrected chi connectivity index (χ1v) is 24.2. The molecule has 0 aliphatic carbocycles. The molecule has 0 aromatic heterocycles. The summed E-state index contributed by atoms with van der Waals surface area (Å²) in [6.45, 7) is 7.70. The van der Waals surface area contributed by atoms with Crippen molar-refractivity contribution in [2.45, 2.75) is 84.2 Å². The van der Waals surface area contributed by atoms with Crippen LogP contribution in [0.15, 0.2) is 120 Å². The van der Waals surface area contributed by atoms with E-state index in [9.17, 15) is 56.0 Å². The van der Waals surface area contributed by atoms with Gasteiger partial charge >= 0.3 is 36.4 Å². The minimum absolute atomic E-state index is 0.00783. The molecule has 2 heterocycles. The van der Waals surface area contributed by atoms with Crippen LogP contribution < -0.4 is 9.80 Å². The van der Waals surface area contributed by atoms with E-state index in [1.165, 1.54) is 47.9 Å². The molecule has 0 spiro atoms. The van der Waals surface area contributed by atoms with Crippen LogP contribution in [0.5, 0.6) is 0 Å². The van der Waals surface area contributed by atoms with Crippen molar-refractivity contribution in [3.05, 3.63) is 153 Å². The van der Waals surface area contributed by atoms with E-state index in [2.05, 4.69) is 12.1 Å². The maximum absolute atomic E-state index is 14.6. The van der Waals surface area contributed by atoms with Crippen molar-refractivity contribution < 1.29 is 59.5 Å². The van der Waals surface area contributed by atoms with Gasteiger partial charge in [-0.2, -0.15) is 36.9 Å². The third kappa shape index (κ3) is 12.6. The molecule has 390 valence electrons. The van der Waals surface area contributed by atoms with E-state index in [1.807, 2.05) is 14.1 Å². The van der Waals surface area contributed by atoms with Crippen LogP contribution in [0.4, 0.5) is 47.3 Å². The largest absolute Gasteiger partial charge is 0.463 e. The lowest BCUT2D eigenvalue weighted by molar-refractivity contribution is -0.890. The number of hydrogen-bond donors (Lipinski definition) is 0. The first-order valence-electron chi connectivity index (χ1n) is 24.2. The van der Waals surface area contributed by atoms with E-state index in [1.54, 1.807) is 62.4 Å². The standard InChI is InChI=1S/C55H58F6N7O6/c1-7-73-50(69)46-36(3)66(44-18-14-16-42(32-44)54(56,57)58)52(71)64(48(46)40-24-20-38(34-62)21-25-40)28-10-9-12-30-68(5,6)31-13-11-29-65-49(41-26-22-39(35-63)23-27-41)47(51(70)74-8-2)37(4)67(53(65)72)45-19-15-17-43(33-45)55(59,60)61/h14-27,32-33,48-49H,7-13,28-31H2,1-6H3/q+1/t48-,49-/m1/s1. The number of quaternary nitrogens is 1. The summed E-state index contributed by atoms with van der Waals surface area (Å²) >= 11 is 0. The normalized spacial score (nSPS) is 16.6.